The smallest absolute Gasteiger partial charge is 0.274 e. The lowest BCUT2D eigenvalue weighted by molar-refractivity contribution is -0.385. The quantitative estimate of drug-likeness (QED) is 0.498. The van der Waals surface area contributed by atoms with Gasteiger partial charge in [0.1, 0.15) is 4.60 Å². The van der Waals surface area contributed by atoms with E-state index in [1.165, 1.54) is 12.1 Å². The molecule has 0 aliphatic carbocycles. The van der Waals surface area contributed by atoms with Gasteiger partial charge in [-0.15, -0.1) is 0 Å². The first kappa shape index (κ1) is 9.54. The number of nitro groups is 1. The van der Waals surface area contributed by atoms with Crippen LogP contribution in [0.1, 0.15) is 18.2 Å². The van der Waals surface area contributed by atoms with Crippen LogP contribution in [0.3, 0.4) is 0 Å². The van der Waals surface area contributed by atoms with Crippen molar-refractivity contribution in [2.75, 3.05) is 6.54 Å². The van der Waals surface area contributed by atoms with E-state index in [1.807, 2.05) is 0 Å². The first-order valence-electron chi connectivity index (χ1n) is 4.22. The molecule has 5 nitrogen and oxygen atoms in total. The summed E-state index contributed by atoms with van der Waals surface area (Å²) in [5.74, 6) is 0. The fraction of sp³-hybridized carbons (Fsp3) is 0.375. The van der Waals surface area contributed by atoms with E-state index in [2.05, 4.69) is 26.2 Å². The topological polar surface area (TPSA) is 68.1 Å². The number of pyridine rings is 1. The van der Waals surface area contributed by atoms with Gasteiger partial charge < -0.3 is 5.32 Å². The molecule has 6 heteroatoms. The van der Waals surface area contributed by atoms with Crippen molar-refractivity contribution in [2.45, 2.75) is 12.5 Å². The summed E-state index contributed by atoms with van der Waals surface area (Å²) < 4.78 is 0.510. The van der Waals surface area contributed by atoms with Crippen LogP contribution < -0.4 is 5.32 Å². The summed E-state index contributed by atoms with van der Waals surface area (Å²) in [5.41, 5.74) is 0.813. The van der Waals surface area contributed by atoms with Crippen molar-refractivity contribution in [2.24, 2.45) is 0 Å². The standard InChI is InChI=1S/C8H8BrN3O2/c9-8-4-5(12(13)14)3-7(11-8)6-1-2-10-6/h3-4,6,10H,1-2H2. The van der Waals surface area contributed by atoms with Gasteiger partial charge in [-0.05, 0) is 28.9 Å². The van der Waals surface area contributed by atoms with Crippen LogP contribution in [0.15, 0.2) is 16.7 Å². The summed E-state index contributed by atoms with van der Waals surface area (Å²) in [6.45, 7) is 0.951. The fourth-order valence-corrected chi connectivity index (χ4v) is 1.77. The Labute approximate surface area is 88.8 Å². The van der Waals surface area contributed by atoms with Gasteiger partial charge in [0.05, 0.1) is 16.7 Å². The van der Waals surface area contributed by atoms with Gasteiger partial charge in [-0.3, -0.25) is 10.1 Å². The minimum atomic E-state index is -0.408. The molecular formula is C8H8BrN3O2. The highest BCUT2D eigenvalue weighted by Gasteiger charge is 2.22. The molecule has 0 aromatic carbocycles. The lowest BCUT2D eigenvalue weighted by atomic mass is 10.0. The lowest BCUT2D eigenvalue weighted by Crippen LogP contribution is -2.35. The molecule has 0 saturated carbocycles. The van der Waals surface area contributed by atoms with Gasteiger partial charge in [-0.2, -0.15) is 0 Å². The third kappa shape index (κ3) is 1.76. The van der Waals surface area contributed by atoms with Crippen LogP contribution in [0.2, 0.25) is 0 Å². The molecule has 0 spiro atoms. The van der Waals surface area contributed by atoms with Crippen molar-refractivity contribution in [1.82, 2.24) is 10.3 Å². The molecule has 2 heterocycles. The number of nitrogens with one attached hydrogen (secondary N) is 1. The molecule has 1 aliphatic heterocycles. The molecule has 2 rings (SSSR count). The van der Waals surface area contributed by atoms with Gasteiger partial charge in [0, 0.05) is 12.1 Å². The average Bonchev–Trinajstić information content (AvgIpc) is 1.99. The third-order valence-corrected chi connectivity index (χ3v) is 2.60. The minimum absolute atomic E-state index is 0.0792. The van der Waals surface area contributed by atoms with Crippen LogP contribution in [0.4, 0.5) is 5.69 Å². The molecule has 1 unspecified atom stereocenters. The van der Waals surface area contributed by atoms with Crippen molar-refractivity contribution in [3.05, 3.63) is 32.5 Å². The van der Waals surface area contributed by atoms with Crippen molar-refractivity contribution in [3.63, 3.8) is 0 Å². The zero-order valence-corrected chi connectivity index (χ0v) is 8.82. The van der Waals surface area contributed by atoms with E-state index in [-0.39, 0.29) is 11.7 Å². The normalized spacial score (nSPS) is 20.2. The molecule has 0 radical (unpaired) electrons. The predicted octanol–water partition coefficient (Wildman–Crippen LogP) is 1.79. The molecular weight excluding hydrogens is 250 g/mol. The zero-order chi connectivity index (χ0) is 10.1. The largest absolute Gasteiger partial charge is 0.309 e. The van der Waals surface area contributed by atoms with Crippen molar-refractivity contribution in [3.8, 4) is 0 Å². The van der Waals surface area contributed by atoms with Crippen LogP contribution in [-0.4, -0.2) is 16.5 Å². The molecule has 1 aliphatic rings. The van der Waals surface area contributed by atoms with Crippen LogP contribution in [0, 0.1) is 10.1 Å². The molecule has 1 saturated heterocycles. The Morgan fingerprint density at radius 2 is 2.36 bits per heavy atom. The number of hydrogen-bond donors (Lipinski definition) is 1. The molecule has 14 heavy (non-hydrogen) atoms. The van der Waals surface area contributed by atoms with Crippen LogP contribution in [-0.2, 0) is 0 Å². The van der Waals surface area contributed by atoms with Gasteiger partial charge in [0.25, 0.3) is 5.69 Å². The highest BCUT2D eigenvalue weighted by molar-refractivity contribution is 9.10. The van der Waals surface area contributed by atoms with Gasteiger partial charge >= 0.3 is 0 Å². The maximum atomic E-state index is 10.6. The maximum absolute atomic E-state index is 10.6. The van der Waals surface area contributed by atoms with Gasteiger partial charge in [-0.25, -0.2) is 4.98 Å². The Kier molecular flexibility index (Phi) is 2.47. The molecule has 1 N–H and O–H groups in total. The number of nitrogens with zero attached hydrogens (tertiary/aromatic N) is 2. The van der Waals surface area contributed by atoms with E-state index < -0.39 is 4.92 Å². The maximum Gasteiger partial charge on any atom is 0.274 e. The van der Waals surface area contributed by atoms with Gasteiger partial charge in [0.2, 0.25) is 0 Å². The van der Waals surface area contributed by atoms with Crippen LogP contribution in [0.5, 0.6) is 0 Å². The van der Waals surface area contributed by atoms with E-state index in [4.69, 9.17) is 0 Å². The van der Waals surface area contributed by atoms with E-state index >= 15 is 0 Å². The molecule has 1 fully saturated rings. The Morgan fingerprint density at radius 1 is 1.64 bits per heavy atom. The van der Waals surface area contributed by atoms with E-state index in [0.717, 1.165) is 18.7 Å². The summed E-state index contributed by atoms with van der Waals surface area (Å²) in [7, 11) is 0. The number of hydrogen-bond acceptors (Lipinski definition) is 4. The molecule has 0 bridgehead atoms. The fourth-order valence-electron chi connectivity index (χ4n) is 1.33. The Hall–Kier alpha value is -1.01. The highest BCUT2D eigenvalue weighted by atomic mass is 79.9. The second-order valence-corrected chi connectivity index (χ2v) is 3.94. The summed E-state index contributed by atoms with van der Waals surface area (Å²) >= 11 is 3.16. The first-order chi connectivity index (χ1) is 6.66. The Bertz CT molecular complexity index is 379. The summed E-state index contributed by atoms with van der Waals surface area (Å²) in [6, 6.07) is 3.09. The van der Waals surface area contributed by atoms with Crippen LogP contribution >= 0.6 is 15.9 Å². The van der Waals surface area contributed by atoms with E-state index in [1.54, 1.807) is 0 Å². The molecule has 1 aromatic rings. The zero-order valence-electron chi connectivity index (χ0n) is 7.24. The van der Waals surface area contributed by atoms with Crippen LogP contribution in [0.25, 0.3) is 0 Å². The number of aromatic nitrogens is 1. The van der Waals surface area contributed by atoms with Gasteiger partial charge in [0.15, 0.2) is 0 Å². The third-order valence-electron chi connectivity index (χ3n) is 2.19. The summed E-state index contributed by atoms with van der Waals surface area (Å²) in [6.07, 6.45) is 0.987. The molecule has 74 valence electrons. The van der Waals surface area contributed by atoms with Crippen molar-refractivity contribution < 1.29 is 4.92 Å². The average molecular weight is 258 g/mol. The second kappa shape index (κ2) is 3.62. The van der Waals surface area contributed by atoms with Gasteiger partial charge in [-0.1, -0.05) is 0 Å². The lowest BCUT2D eigenvalue weighted by Gasteiger charge is -2.26. The Morgan fingerprint density at radius 3 is 2.86 bits per heavy atom. The molecule has 0 amide bonds. The number of halogens is 1. The molecule has 1 aromatic heterocycles. The van der Waals surface area contributed by atoms with Crippen molar-refractivity contribution >= 4 is 21.6 Å². The molecule has 1 atom stereocenters. The Balaban J connectivity index is 2.35. The van der Waals surface area contributed by atoms with E-state index in [9.17, 15) is 10.1 Å². The summed E-state index contributed by atoms with van der Waals surface area (Å²) in [5, 5.41) is 13.7. The first-order valence-corrected chi connectivity index (χ1v) is 5.01. The van der Waals surface area contributed by atoms with E-state index in [0.29, 0.717) is 4.60 Å². The minimum Gasteiger partial charge on any atom is -0.309 e. The monoisotopic (exact) mass is 257 g/mol. The highest BCUT2D eigenvalue weighted by Crippen LogP contribution is 2.26. The second-order valence-electron chi connectivity index (χ2n) is 3.13. The number of rotatable bonds is 2. The SMILES string of the molecule is O=[N+]([O-])c1cc(Br)nc(C2CCN2)c1. The predicted molar refractivity (Wildman–Crippen MR) is 54.0 cm³/mol. The van der Waals surface area contributed by atoms with Crippen molar-refractivity contribution in [1.29, 1.82) is 0 Å². The summed E-state index contributed by atoms with van der Waals surface area (Å²) in [4.78, 5) is 14.4.